The zero-order chi connectivity index (χ0) is 60.5. The first-order valence-corrected chi connectivity index (χ1v) is 40.1. The highest BCUT2D eigenvalue weighted by Gasteiger charge is 2.16. The van der Waals surface area contributed by atoms with Crippen LogP contribution in [0.1, 0.15) is 461 Å². The van der Waals surface area contributed by atoms with Gasteiger partial charge in [0.1, 0.15) is 11.5 Å². The van der Waals surface area contributed by atoms with Crippen molar-refractivity contribution in [1.82, 2.24) is 0 Å². The summed E-state index contributed by atoms with van der Waals surface area (Å²) < 4.78 is 7.35. The molecule has 85 heavy (non-hydrogen) atoms. The fourth-order valence-corrected chi connectivity index (χ4v) is 14.0. The van der Waals surface area contributed by atoms with E-state index < -0.39 is 0 Å². The molecule has 1 heteroatoms. The average molecular weight is 1180 g/mol. The minimum atomic E-state index is 1.16. The standard InChI is InChI=1S/C84H154O/c1-5-9-13-17-21-25-29-33-37-41-45-49-53-57-61-65-71-79-73-69-77-83(81(79)75-67-63-59-55-51-47-43-39-35-31-27-23-19-15-11-7-3)85-84-78-70-74-80(72-66-62-58-54-50-46-42-38-34-30-26-22-18-14-10-6-2)82(84)76-68-64-60-56-52-48-44-40-36-32-28-24-20-16-12-8-4/h69-70,73-74,77-78H,5-68,71-72,75-76H2,1-4H3. The van der Waals surface area contributed by atoms with Crippen LogP contribution in [0.5, 0.6) is 11.5 Å². The third-order valence-corrected chi connectivity index (χ3v) is 19.8. The van der Waals surface area contributed by atoms with Gasteiger partial charge >= 0.3 is 0 Å². The van der Waals surface area contributed by atoms with Gasteiger partial charge in [-0.25, -0.2) is 0 Å². The molecule has 0 spiro atoms. The number of hydrogen-bond acceptors (Lipinski definition) is 1. The van der Waals surface area contributed by atoms with E-state index in [1.165, 1.54) is 446 Å². The summed E-state index contributed by atoms with van der Waals surface area (Å²) in [6, 6.07) is 14.3. The van der Waals surface area contributed by atoms with Crippen molar-refractivity contribution in [3.05, 3.63) is 58.7 Å². The Hall–Kier alpha value is -1.76. The van der Waals surface area contributed by atoms with E-state index in [9.17, 15) is 0 Å². The molecule has 2 rings (SSSR count). The summed E-state index contributed by atoms with van der Waals surface area (Å²) in [5.74, 6) is 2.34. The van der Waals surface area contributed by atoms with Crippen molar-refractivity contribution in [3.63, 3.8) is 0 Å². The monoisotopic (exact) mass is 1180 g/mol. The molecule has 0 amide bonds. The second-order valence-electron chi connectivity index (χ2n) is 28.1. The molecule has 0 unspecified atom stereocenters. The maximum Gasteiger partial charge on any atom is 0.130 e. The van der Waals surface area contributed by atoms with Gasteiger partial charge in [-0.15, -0.1) is 0 Å². The normalized spacial score (nSPS) is 11.7. The molecule has 0 saturated carbocycles. The molecule has 1 nitrogen and oxygen atoms in total. The highest BCUT2D eigenvalue weighted by atomic mass is 16.5. The Morgan fingerprint density at radius 3 is 0.506 bits per heavy atom. The summed E-state index contributed by atoms with van der Waals surface area (Å²) in [5, 5.41) is 0. The zero-order valence-corrected chi connectivity index (χ0v) is 59.0. The molecule has 2 aromatic carbocycles. The minimum Gasteiger partial charge on any atom is -0.457 e. The lowest BCUT2D eigenvalue weighted by Gasteiger charge is -2.20. The number of rotatable bonds is 70. The van der Waals surface area contributed by atoms with Gasteiger partial charge in [0.15, 0.2) is 0 Å². The van der Waals surface area contributed by atoms with E-state index in [2.05, 4.69) is 64.1 Å². The zero-order valence-electron chi connectivity index (χ0n) is 59.0. The van der Waals surface area contributed by atoms with Gasteiger partial charge in [-0.05, 0) is 85.8 Å². The van der Waals surface area contributed by atoms with Crippen LogP contribution in [0.3, 0.4) is 0 Å². The van der Waals surface area contributed by atoms with Crippen LogP contribution in [-0.4, -0.2) is 0 Å². The van der Waals surface area contributed by atoms with Crippen molar-refractivity contribution in [1.29, 1.82) is 0 Å². The Morgan fingerprint density at radius 2 is 0.329 bits per heavy atom. The molecule has 0 aromatic heterocycles. The summed E-state index contributed by atoms with van der Waals surface area (Å²) in [6.07, 6.45) is 96.0. The third kappa shape index (κ3) is 50.7. The average Bonchev–Trinajstić information content (AvgIpc) is 3.72. The van der Waals surface area contributed by atoms with Crippen molar-refractivity contribution < 1.29 is 4.74 Å². The summed E-state index contributed by atoms with van der Waals surface area (Å²) in [5.41, 5.74) is 6.22. The first kappa shape index (κ1) is 79.3. The van der Waals surface area contributed by atoms with E-state index in [-0.39, 0.29) is 0 Å². The molecule has 0 atom stereocenters. The molecule has 0 fully saturated rings. The van der Waals surface area contributed by atoms with E-state index in [0.29, 0.717) is 0 Å². The molecule has 0 aliphatic rings. The van der Waals surface area contributed by atoms with Crippen LogP contribution >= 0.6 is 0 Å². The van der Waals surface area contributed by atoms with Crippen LogP contribution in [-0.2, 0) is 25.7 Å². The topological polar surface area (TPSA) is 9.23 Å². The second kappa shape index (κ2) is 65.2. The predicted molar refractivity (Wildman–Crippen MR) is 386 cm³/mol. The van der Waals surface area contributed by atoms with Crippen molar-refractivity contribution in [2.75, 3.05) is 0 Å². The summed E-state index contributed by atoms with van der Waals surface area (Å²) >= 11 is 0. The van der Waals surface area contributed by atoms with Crippen LogP contribution in [0.15, 0.2) is 36.4 Å². The molecule has 0 radical (unpaired) electrons. The second-order valence-corrected chi connectivity index (χ2v) is 28.1. The first-order chi connectivity index (χ1) is 42.2. The fraction of sp³-hybridized carbons (Fsp3) is 0.857. The molecule has 0 saturated heterocycles. The van der Waals surface area contributed by atoms with Crippen molar-refractivity contribution in [2.24, 2.45) is 0 Å². The highest BCUT2D eigenvalue weighted by molar-refractivity contribution is 5.47. The summed E-state index contributed by atoms with van der Waals surface area (Å²) in [7, 11) is 0. The van der Waals surface area contributed by atoms with Crippen molar-refractivity contribution in [2.45, 2.75) is 464 Å². The van der Waals surface area contributed by atoms with Gasteiger partial charge in [-0.1, -0.05) is 437 Å². The SMILES string of the molecule is CCCCCCCCCCCCCCCCCCc1cccc(Oc2cccc(CCCCCCCCCCCCCCCCCC)c2CCCCCCCCCCCCCCCCCC)c1CCCCCCCCCCCCCCCCCC. The van der Waals surface area contributed by atoms with E-state index in [1.807, 2.05) is 0 Å². The maximum absolute atomic E-state index is 7.35. The van der Waals surface area contributed by atoms with Gasteiger partial charge in [0.2, 0.25) is 0 Å². The van der Waals surface area contributed by atoms with Crippen LogP contribution in [0, 0.1) is 0 Å². The van der Waals surface area contributed by atoms with E-state index in [1.54, 1.807) is 11.1 Å². The first-order valence-electron chi connectivity index (χ1n) is 40.1. The lowest BCUT2D eigenvalue weighted by molar-refractivity contribution is 0.462. The van der Waals surface area contributed by atoms with Crippen LogP contribution < -0.4 is 4.74 Å². The molecule has 496 valence electrons. The Labute approximate surface area is 536 Å². The van der Waals surface area contributed by atoms with Gasteiger partial charge in [-0.2, -0.15) is 0 Å². The fourth-order valence-electron chi connectivity index (χ4n) is 14.0. The summed E-state index contributed by atoms with van der Waals surface area (Å²) in [6.45, 7) is 9.30. The van der Waals surface area contributed by atoms with E-state index >= 15 is 0 Å². The number of unbranched alkanes of at least 4 members (excludes halogenated alkanes) is 60. The van der Waals surface area contributed by atoms with Gasteiger partial charge in [0.05, 0.1) is 0 Å². The Balaban J connectivity index is 2.01. The number of hydrogen-bond donors (Lipinski definition) is 0. The Bertz CT molecular complexity index is 1490. The van der Waals surface area contributed by atoms with Crippen LogP contribution in [0.2, 0.25) is 0 Å². The molecule has 0 N–H and O–H groups in total. The van der Waals surface area contributed by atoms with Gasteiger partial charge in [0, 0.05) is 0 Å². The Morgan fingerprint density at radius 1 is 0.176 bits per heavy atom. The van der Waals surface area contributed by atoms with E-state index in [4.69, 9.17) is 4.74 Å². The van der Waals surface area contributed by atoms with E-state index in [0.717, 1.165) is 12.8 Å². The van der Waals surface area contributed by atoms with Crippen molar-refractivity contribution in [3.8, 4) is 11.5 Å². The van der Waals surface area contributed by atoms with Gasteiger partial charge in [-0.3, -0.25) is 0 Å². The third-order valence-electron chi connectivity index (χ3n) is 19.8. The molecule has 0 heterocycles. The Kier molecular flexibility index (Phi) is 60.9. The quantitative estimate of drug-likeness (QED) is 0.0600. The number of aryl methyl sites for hydroxylation is 2. The molecular formula is C84H154O. The van der Waals surface area contributed by atoms with Crippen LogP contribution in [0.25, 0.3) is 0 Å². The molecule has 2 aromatic rings. The summed E-state index contributed by atoms with van der Waals surface area (Å²) in [4.78, 5) is 0. The lowest BCUT2D eigenvalue weighted by atomic mass is 9.94. The van der Waals surface area contributed by atoms with Gasteiger partial charge < -0.3 is 4.74 Å². The molecule has 0 bridgehead atoms. The number of ether oxygens (including phenoxy) is 1. The molecule has 0 aliphatic heterocycles. The maximum atomic E-state index is 7.35. The largest absolute Gasteiger partial charge is 0.457 e. The highest BCUT2D eigenvalue weighted by Crippen LogP contribution is 2.35. The molecule has 0 aliphatic carbocycles. The number of benzene rings is 2. The molecular weight excluding hydrogens is 1020 g/mol. The minimum absolute atomic E-state index is 1.16. The lowest BCUT2D eigenvalue weighted by Crippen LogP contribution is -2.03. The smallest absolute Gasteiger partial charge is 0.130 e. The van der Waals surface area contributed by atoms with Crippen LogP contribution in [0.4, 0.5) is 0 Å². The van der Waals surface area contributed by atoms with Crippen molar-refractivity contribution >= 4 is 0 Å². The van der Waals surface area contributed by atoms with Gasteiger partial charge in [0.25, 0.3) is 0 Å². The predicted octanol–water partition coefficient (Wildman–Crippen LogP) is 30.7.